The second kappa shape index (κ2) is 8.37. The zero-order valence-electron chi connectivity index (χ0n) is 12.0. The lowest BCUT2D eigenvalue weighted by Crippen LogP contribution is -2.55. The molecule has 0 saturated carbocycles. The summed E-state index contributed by atoms with van der Waals surface area (Å²) in [4.78, 5) is 12.1. The number of hydrogen-bond donors (Lipinski definition) is 2. The Morgan fingerprint density at radius 1 is 1.32 bits per heavy atom. The van der Waals surface area contributed by atoms with Gasteiger partial charge in [-0.25, -0.2) is 0 Å². The number of alkyl halides is 3. The molecule has 1 heterocycles. The topological polar surface area (TPSA) is 50.4 Å². The van der Waals surface area contributed by atoms with E-state index in [9.17, 15) is 4.79 Å². The van der Waals surface area contributed by atoms with E-state index in [1.54, 1.807) is 0 Å². The van der Waals surface area contributed by atoms with E-state index >= 15 is 0 Å². The van der Waals surface area contributed by atoms with Crippen LogP contribution in [0.1, 0.15) is 18.4 Å². The van der Waals surface area contributed by atoms with Gasteiger partial charge in [-0.3, -0.25) is 10.1 Å². The molecule has 0 spiro atoms. The molecule has 122 valence electrons. The van der Waals surface area contributed by atoms with Crippen LogP contribution in [-0.4, -0.2) is 35.1 Å². The number of nitrogens with one attached hydrogen (secondary N) is 2. The van der Waals surface area contributed by atoms with Crippen LogP contribution in [-0.2, 0) is 16.0 Å². The number of halogens is 3. The van der Waals surface area contributed by atoms with Gasteiger partial charge in [0.05, 0.1) is 12.5 Å². The summed E-state index contributed by atoms with van der Waals surface area (Å²) in [6.07, 6.45) is 1.57. The zero-order chi connectivity index (χ0) is 16.0. The number of rotatable bonds is 6. The van der Waals surface area contributed by atoms with E-state index in [1.165, 1.54) is 0 Å². The number of carbonyl (C=O) groups is 1. The monoisotopic (exact) mass is 364 g/mol. The molecule has 7 heteroatoms. The van der Waals surface area contributed by atoms with E-state index < -0.39 is 9.96 Å². The van der Waals surface area contributed by atoms with Crippen LogP contribution >= 0.6 is 34.8 Å². The van der Waals surface area contributed by atoms with Crippen molar-refractivity contribution in [2.75, 3.05) is 13.2 Å². The van der Waals surface area contributed by atoms with Crippen LogP contribution in [0.25, 0.3) is 0 Å². The SMILES string of the molecule is O=C(Cc1ccccc1)N[C@@H](NC[C@@H]1CCCO1)C(Cl)(Cl)Cl. The maximum Gasteiger partial charge on any atom is 0.225 e. The molecule has 22 heavy (non-hydrogen) atoms. The van der Waals surface area contributed by atoms with Crippen LogP contribution in [0.3, 0.4) is 0 Å². The van der Waals surface area contributed by atoms with Gasteiger partial charge < -0.3 is 10.1 Å². The summed E-state index contributed by atoms with van der Waals surface area (Å²) in [5.74, 6) is -0.206. The summed E-state index contributed by atoms with van der Waals surface area (Å²) >= 11 is 17.8. The summed E-state index contributed by atoms with van der Waals surface area (Å²) in [7, 11) is 0. The molecule has 1 aromatic rings. The molecular weight excluding hydrogens is 347 g/mol. The highest BCUT2D eigenvalue weighted by Gasteiger charge is 2.34. The molecule has 4 nitrogen and oxygen atoms in total. The minimum absolute atomic E-state index is 0.0980. The van der Waals surface area contributed by atoms with E-state index in [0.29, 0.717) is 6.54 Å². The first-order valence-corrected chi connectivity index (χ1v) is 8.33. The first kappa shape index (κ1) is 17.8. The molecule has 1 fully saturated rings. The van der Waals surface area contributed by atoms with E-state index in [4.69, 9.17) is 39.5 Å². The quantitative estimate of drug-likeness (QED) is 0.602. The van der Waals surface area contributed by atoms with Crippen LogP contribution in [0.5, 0.6) is 0 Å². The Morgan fingerprint density at radius 2 is 2.05 bits per heavy atom. The first-order chi connectivity index (χ1) is 10.4. The van der Waals surface area contributed by atoms with Crippen molar-refractivity contribution in [2.24, 2.45) is 0 Å². The van der Waals surface area contributed by atoms with Gasteiger partial charge >= 0.3 is 0 Å². The van der Waals surface area contributed by atoms with Crippen molar-refractivity contribution in [2.45, 2.75) is 35.3 Å². The van der Waals surface area contributed by atoms with Crippen molar-refractivity contribution in [3.8, 4) is 0 Å². The van der Waals surface area contributed by atoms with Gasteiger partial charge in [0.2, 0.25) is 9.70 Å². The van der Waals surface area contributed by atoms with E-state index in [1.807, 2.05) is 30.3 Å². The van der Waals surface area contributed by atoms with Crippen molar-refractivity contribution in [1.82, 2.24) is 10.6 Å². The molecule has 1 aromatic carbocycles. The van der Waals surface area contributed by atoms with Gasteiger partial charge in [-0.15, -0.1) is 0 Å². The van der Waals surface area contributed by atoms with Gasteiger partial charge in [0, 0.05) is 13.2 Å². The lowest BCUT2D eigenvalue weighted by Gasteiger charge is -2.27. The van der Waals surface area contributed by atoms with Crippen LogP contribution in [0.15, 0.2) is 30.3 Å². The summed E-state index contributed by atoms with van der Waals surface area (Å²) in [6.45, 7) is 1.29. The average molecular weight is 366 g/mol. The smallest absolute Gasteiger partial charge is 0.225 e. The Hall–Kier alpha value is -0.520. The Kier molecular flexibility index (Phi) is 6.78. The Labute approximate surface area is 145 Å². The molecule has 0 unspecified atom stereocenters. The van der Waals surface area contributed by atoms with Crippen molar-refractivity contribution in [3.63, 3.8) is 0 Å². The predicted octanol–water partition coefficient (Wildman–Crippen LogP) is 2.81. The van der Waals surface area contributed by atoms with Gasteiger partial charge in [0.15, 0.2) is 0 Å². The first-order valence-electron chi connectivity index (χ1n) is 7.20. The van der Waals surface area contributed by atoms with E-state index in [2.05, 4.69) is 10.6 Å². The number of ether oxygens (including phenoxy) is 1. The summed E-state index contributed by atoms with van der Waals surface area (Å²) in [5, 5.41) is 5.79. The predicted molar refractivity (Wildman–Crippen MR) is 89.3 cm³/mol. The minimum atomic E-state index is -1.63. The van der Waals surface area contributed by atoms with Crippen molar-refractivity contribution in [1.29, 1.82) is 0 Å². The highest BCUT2D eigenvalue weighted by molar-refractivity contribution is 6.68. The van der Waals surface area contributed by atoms with Gasteiger partial charge in [0.25, 0.3) is 0 Å². The third kappa shape index (κ3) is 5.94. The maximum absolute atomic E-state index is 12.1. The minimum Gasteiger partial charge on any atom is -0.377 e. The fourth-order valence-electron chi connectivity index (χ4n) is 2.30. The molecule has 0 aromatic heterocycles. The van der Waals surface area contributed by atoms with Crippen molar-refractivity contribution >= 4 is 40.7 Å². The summed E-state index contributed by atoms with van der Waals surface area (Å²) < 4.78 is 3.88. The fourth-order valence-corrected chi connectivity index (χ4v) is 2.69. The molecule has 0 bridgehead atoms. The normalized spacial score (nSPS) is 19.9. The third-order valence-corrected chi connectivity index (χ3v) is 4.07. The number of benzene rings is 1. The Bertz CT molecular complexity index is 473. The molecule has 2 atom stereocenters. The lowest BCUT2D eigenvalue weighted by molar-refractivity contribution is -0.121. The van der Waals surface area contributed by atoms with Crippen molar-refractivity contribution < 1.29 is 9.53 Å². The molecule has 1 aliphatic rings. The van der Waals surface area contributed by atoms with Crippen molar-refractivity contribution in [3.05, 3.63) is 35.9 Å². The molecule has 1 saturated heterocycles. The Morgan fingerprint density at radius 3 is 2.64 bits per heavy atom. The number of carbonyl (C=O) groups excluding carboxylic acids is 1. The highest BCUT2D eigenvalue weighted by Crippen LogP contribution is 2.29. The second-order valence-corrected chi connectivity index (χ2v) is 7.62. The van der Waals surface area contributed by atoms with Crippen LogP contribution in [0, 0.1) is 0 Å². The molecule has 2 rings (SSSR count). The van der Waals surface area contributed by atoms with Gasteiger partial charge in [0.1, 0.15) is 6.17 Å². The Balaban J connectivity index is 1.87. The fraction of sp³-hybridized carbons (Fsp3) is 0.533. The molecule has 2 N–H and O–H groups in total. The standard InChI is InChI=1S/C15H19Cl3N2O2/c16-15(17,18)14(19-10-12-7-4-8-22-12)20-13(21)9-11-5-2-1-3-6-11/h1-3,5-6,12,14,19H,4,7-10H2,(H,20,21)/t12-,14+/m0/s1. The third-order valence-electron chi connectivity index (χ3n) is 3.41. The molecular formula is C15H19Cl3N2O2. The van der Waals surface area contributed by atoms with Crippen LogP contribution in [0.2, 0.25) is 0 Å². The summed E-state index contributed by atoms with van der Waals surface area (Å²) in [6, 6.07) is 9.41. The largest absolute Gasteiger partial charge is 0.377 e. The molecule has 0 radical (unpaired) electrons. The maximum atomic E-state index is 12.1. The van der Waals surface area contributed by atoms with Gasteiger partial charge in [-0.1, -0.05) is 65.1 Å². The average Bonchev–Trinajstić information content (AvgIpc) is 2.96. The van der Waals surface area contributed by atoms with Crippen LogP contribution in [0.4, 0.5) is 0 Å². The molecule has 1 amide bonds. The summed E-state index contributed by atoms with van der Waals surface area (Å²) in [5.41, 5.74) is 0.905. The number of hydrogen-bond acceptors (Lipinski definition) is 3. The molecule has 0 aliphatic carbocycles. The van der Waals surface area contributed by atoms with Gasteiger partial charge in [-0.2, -0.15) is 0 Å². The van der Waals surface area contributed by atoms with Crippen LogP contribution < -0.4 is 10.6 Å². The van der Waals surface area contributed by atoms with Gasteiger partial charge in [-0.05, 0) is 18.4 Å². The zero-order valence-corrected chi connectivity index (χ0v) is 14.3. The van der Waals surface area contributed by atoms with E-state index in [0.717, 1.165) is 25.0 Å². The molecule has 1 aliphatic heterocycles. The lowest BCUT2D eigenvalue weighted by atomic mass is 10.1. The number of amides is 1. The van der Waals surface area contributed by atoms with E-state index in [-0.39, 0.29) is 18.4 Å². The second-order valence-electron chi connectivity index (χ2n) is 5.25. The highest BCUT2D eigenvalue weighted by atomic mass is 35.6.